The molecule has 28 heavy (non-hydrogen) atoms. The van der Waals surface area contributed by atoms with Crippen LogP contribution in [0.15, 0.2) is 40.6 Å². The second-order valence-corrected chi connectivity index (χ2v) is 10.5. The van der Waals surface area contributed by atoms with Crippen molar-refractivity contribution in [1.29, 1.82) is 0 Å². The maximum absolute atomic E-state index is 13.2. The Morgan fingerprint density at radius 2 is 2.00 bits per heavy atom. The molecule has 1 aromatic carbocycles. The molecule has 0 bridgehead atoms. The number of carbonyl (C=O) groups excluding carboxylic acids is 2. The summed E-state index contributed by atoms with van der Waals surface area (Å²) in [6.07, 6.45) is 1.22. The molecule has 148 valence electrons. The van der Waals surface area contributed by atoms with E-state index in [-0.39, 0.29) is 24.9 Å². The molecule has 0 aliphatic carbocycles. The van der Waals surface area contributed by atoms with Gasteiger partial charge in [0, 0.05) is 18.0 Å². The number of hydrogen-bond acceptors (Lipinski definition) is 5. The van der Waals surface area contributed by atoms with Gasteiger partial charge in [-0.05, 0) is 44.0 Å². The van der Waals surface area contributed by atoms with E-state index in [0.717, 1.165) is 4.88 Å². The second kappa shape index (κ2) is 7.31. The summed E-state index contributed by atoms with van der Waals surface area (Å²) < 4.78 is 27.6. The van der Waals surface area contributed by atoms with Gasteiger partial charge in [0.2, 0.25) is 11.8 Å². The first-order chi connectivity index (χ1) is 13.4. The molecule has 2 aliphatic rings. The number of nitrogens with zero attached hydrogens (tertiary/aromatic N) is 2. The number of anilines is 2. The van der Waals surface area contributed by atoms with Gasteiger partial charge in [-0.1, -0.05) is 12.1 Å². The van der Waals surface area contributed by atoms with E-state index in [1.54, 1.807) is 30.3 Å². The average Bonchev–Trinajstić information content (AvgIpc) is 3.14. The highest BCUT2D eigenvalue weighted by atomic mass is 32.2. The zero-order chi connectivity index (χ0) is 19.9. The van der Waals surface area contributed by atoms with Crippen molar-refractivity contribution in [2.45, 2.75) is 24.0 Å². The molecule has 7 nitrogen and oxygen atoms in total. The summed E-state index contributed by atoms with van der Waals surface area (Å²) in [5, 5.41) is 2.77. The zero-order valence-electron chi connectivity index (χ0n) is 15.4. The first kappa shape index (κ1) is 19.1. The number of para-hydroxylation sites is 2. The van der Waals surface area contributed by atoms with E-state index >= 15 is 0 Å². The number of fused-ring (bicyclic) bond motifs is 1. The Kier molecular flexibility index (Phi) is 4.98. The fourth-order valence-corrected chi connectivity index (χ4v) is 6.65. The molecule has 0 radical (unpaired) electrons. The number of rotatable bonds is 3. The molecule has 0 spiro atoms. The molecule has 1 N–H and O–H groups in total. The van der Waals surface area contributed by atoms with Gasteiger partial charge in [-0.25, -0.2) is 8.42 Å². The summed E-state index contributed by atoms with van der Waals surface area (Å²) in [7, 11) is -3.61. The molecule has 0 unspecified atom stereocenters. The normalized spacial score (nSPS) is 20.5. The summed E-state index contributed by atoms with van der Waals surface area (Å²) in [5.41, 5.74) is 1.25. The van der Waals surface area contributed by atoms with Crippen LogP contribution in [0, 0.1) is 12.8 Å². The number of aryl methyl sites for hydroxylation is 1. The number of benzene rings is 1. The molecule has 2 amide bonds. The highest BCUT2D eigenvalue weighted by Crippen LogP contribution is 2.33. The van der Waals surface area contributed by atoms with Gasteiger partial charge in [0.25, 0.3) is 10.0 Å². The maximum atomic E-state index is 13.2. The minimum Gasteiger partial charge on any atom is -0.323 e. The Bertz CT molecular complexity index is 1030. The standard InChI is InChI=1S/C19H21N3O4S2/c1-13-8-9-18(27-13)28(25,26)21-10-4-5-14(11-21)19(24)22-12-17(23)20-15-6-2-3-7-16(15)22/h2-3,6-9,14H,4-5,10-12H2,1H3,(H,20,23)/t14-/m1/s1. The lowest BCUT2D eigenvalue weighted by atomic mass is 9.97. The van der Waals surface area contributed by atoms with Crippen LogP contribution in [0.25, 0.3) is 0 Å². The van der Waals surface area contributed by atoms with Crippen LogP contribution in [0.4, 0.5) is 11.4 Å². The van der Waals surface area contributed by atoms with Crippen molar-refractivity contribution in [1.82, 2.24) is 4.31 Å². The first-order valence-corrected chi connectivity index (χ1v) is 11.4. The molecule has 2 aromatic rings. The topological polar surface area (TPSA) is 86.8 Å². The van der Waals surface area contributed by atoms with Crippen LogP contribution in [-0.2, 0) is 19.6 Å². The number of piperidine rings is 1. The number of hydrogen-bond donors (Lipinski definition) is 1. The smallest absolute Gasteiger partial charge is 0.252 e. The van der Waals surface area contributed by atoms with E-state index in [2.05, 4.69) is 5.32 Å². The molecule has 1 fully saturated rings. The van der Waals surface area contributed by atoms with E-state index in [9.17, 15) is 18.0 Å². The molecule has 9 heteroatoms. The van der Waals surface area contributed by atoms with E-state index < -0.39 is 15.9 Å². The molecule has 4 rings (SSSR count). The first-order valence-electron chi connectivity index (χ1n) is 9.13. The summed E-state index contributed by atoms with van der Waals surface area (Å²) in [4.78, 5) is 27.6. The molecule has 1 saturated heterocycles. The summed E-state index contributed by atoms with van der Waals surface area (Å²) in [6.45, 7) is 2.35. The third kappa shape index (κ3) is 3.45. The van der Waals surface area contributed by atoms with E-state index in [0.29, 0.717) is 35.0 Å². The van der Waals surface area contributed by atoms with Gasteiger partial charge in [-0.2, -0.15) is 4.31 Å². The minimum atomic E-state index is -3.61. The van der Waals surface area contributed by atoms with Crippen molar-refractivity contribution < 1.29 is 18.0 Å². The zero-order valence-corrected chi connectivity index (χ0v) is 17.1. The van der Waals surface area contributed by atoms with Crippen LogP contribution in [0.1, 0.15) is 17.7 Å². The molecule has 0 saturated carbocycles. The van der Waals surface area contributed by atoms with Crippen LogP contribution in [0.5, 0.6) is 0 Å². The fourth-order valence-electron chi connectivity index (χ4n) is 3.69. The van der Waals surface area contributed by atoms with Crippen molar-refractivity contribution >= 4 is 44.5 Å². The Morgan fingerprint density at radius 1 is 1.21 bits per heavy atom. The minimum absolute atomic E-state index is 0.0524. The SMILES string of the molecule is Cc1ccc(S(=O)(=O)N2CCC[C@@H](C(=O)N3CC(=O)Nc4ccccc43)C2)s1. The maximum Gasteiger partial charge on any atom is 0.252 e. The Hall–Kier alpha value is -2.23. The average molecular weight is 420 g/mol. The van der Waals surface area contributed by atoms with E-state index in [1.807, 2.05) is 13.0 Å². The van der Waals surface area contributed by atoms with Crippen molar-refractivity contribution in [2.24, 2.45) is 5.92 Å². The largest absolute Gasteiger partial charge is 0.323 e. The summed E-state index contributed by atoms with van der Waals surface area (Å²) in [5.74, 6) is -0.922. The molecular formula is C19H21N3O4S2. The molecule has 2 aliphatic heterocycles. The van der Waals surface area contributed by atoms with E-state index in [1.165, 1.54) is 20.5 Å². The highest BCUT2D eigenvalue weighted by Gasteiger charge is 2.37. The number of sulfonamides is 1. The highest BCUT2D eigenvalue weighted by molar-refractivity contribution is 7.91. The quantitative estimate of drug-likeness (QED) is 0.828. The van der Waals surface area contributed by atoms with Crippen molar-refractivity contribution in [3.05, 3.63) is 41.3 Å². The lowest BCUT2D eigenvalue weighted by Gasteiger charge is -2.36. The van der Waals surface area contributed by atoms with Gasteiger partial charge >= 0.3 is 0 Å². The van der Waals surface area contributed by atoms with Crippen LogP contribution in [-0.4, -0.2) is 44.2 Å². The fraction of sp³-hybridized carbons (Fsp3) is 0.368. The van der Waals surface area contributed by atoms with Crippen molar-refractivity contribution in [3.8, 4) is 0 Å². The lowest BCUT2D eigenvalue weighted by molar-refractivity contribution is -0.125. The van der Waals surface area contributed by atoms with Crippen LogP contribution < -0.4 is 10.2 Å². The number of nitrogens with one attached hydrogen (secondary N) is 1. The van der Waals surface area contributed by atoms with Crippen molar-refractivity contribution in [3.63, 3.8) is 0 Å². The number of amides is 2. The third-order valence-corrected chi connectivity index (χ3v) is 8.41. The predicted molar refractivity (Wildman–Crippen MR) is 108 cm³/mol. The monoisotopic (exact) mass is 419 g/mol. The van der Waals surface area contributed by atoms with Gasteiger partial charge in [0.15, 0.2) is 0 Å². The van der Waals surface area contributed by atoms with E-state index in [4.69, 9.17) is 0 Å². The Labute approximate surface area is 168 Å². The van der Waals surface area contributed by atoms with Gasteiger partial charge in [0.05, 0.1) is 17.3 Å². The van der Waals surface area contributed by atoms with Crippen molar-refractivity contribution in [2.75, 3.05) is 29.9 Å². The van der Waals surface area contributed by atoms with Gasteiger partial charge in [-0.3, -0.25) is 9.59 Å². The second-order valence-electron chi connectivity index (χ2n) is 7.06. The molecule has 1 aromatic heterocycles. The van der Waals surface area contributed by atoms with Crippen LogP contribution in [0.2, 0.25) is 0 Å². The predicted octanol–water partition coefficient (Wildman–Crippen LogP) is 2.44. The Balaban J connectivity index is 1.57. The van der Waals surface area contributed by atoms with Crippen LogP contribution >= 0.6 is 11.3 Å². The Morgan fingerprint density at radius 3 is 2.75 bits per heavy atom. The summed E-state index contributed by atoms with van der Waals surface area (Å²) in [6, 6.07) is 10.6. The number of thiophene rings is 1. The molecule has 3 heterocycles. The van der Waals surface area contributed by atoms with Crippen LogP contribution in [0.3, 0.4) is 0 Å². The summed E-state index contributed by atoms with van der Waals surface area (Å²) >= 11 is 1.24. The number of carbonyl (C=O) groups is 2. The van der Waals surface area contributed by atoms with Gasteiger partial charge in [0.1, 0.15) is 10.8 Å². The molecule has 1 atom stereocenters. The molecular weight excluding hydrogens is 398 g/mol. The lowest BCUT2D eigenvalue weighted by Crippen LogP contribution is -2.50. The van der Waals surface area contributed by atoms with Gasteiger partial charge in [-0.15, -0.1) is 11.3 Å². The van der Waals surface area contributed by atoms with Gasteiger partial charge < -0.3 is 10.2 Å². The third-order valence-electron chi connectivity index (χ3n) is 5.08.